The molecule has 25 heavy (non-hydrogen) atoms. The van der Waals surface area contributed by atoms with Gasteiger partial charge in [0.2, 0.25) is 0 Å². The van der Waals surface area contributed by atoms with E-state index in [4.69, 9.17) is 0 Å². The number of halogens is 1. The number of rotatable bonds is 6. The molecule has 0 atom stereocenters. The van der Waals surface area contributed by atoms with E-state index in [0.717, 1.165) is 38.6 Å². The minimum atomic E-state index is 0. The number of benzene rings is 1. The molecule has 2 N–H and O–H groups in total. The summed E-state index contributed by atoms with van der Waals surface area (Å²) < 4.78 is 0. The lowest BCUT2D eigenvalue weighted by atomic mass is 10.2. The summed E-state index contributed by atoms with van der Waals surface area (Å²) in [5.41, 5.74) is 2.54. The molecule has 1 aromatic carbocycles. The van der Waals surface area contributed by atoms with Crippen LogP contribution in [-0.4, -0.2) is 32.6 Å². The van der Waals surface area contributed by atoms with Gasteiger partial charge in [-0.1, -0.05) is 30.4 Å². The van der Waals surface area contributed by atoms with Crippen LogP contribution >= 0.6 is 35.3 Å². The van der Waals surface area contributed by atoms with E-state index >= 15 is 0 Å². The Morgan fingerprint density at radius 3 is 2.52 bits per heavy atom. The second kappa shape index (κ2) is 10.5. The zero-order chi connectivity index (χ0) is 16.6. The summed E-state index contributed by atoms with van der Waals surface area (Å²) in [6, 6.07) is 13.0. The monoisotopic (exact) mass is 468 g/mol. The molecular formula is C19H25IN4S. The summed E-state index contributed by atoms with van der Waals surface area (Å²) in [6.45, 7) is 3.69. The van der Waals surface area contributed by atoms with Crippen molar-refractivity contribution < 1.29 is 0 Å². The van der Waals surface area contributed by atoms with Crippen molar-refractivity contribution in [2.24, 2.45) is 4.99 Å². The highest BCUT2D eigenvalue weighted by atomic mass is 127. The largest absolute Gasteiger partial charge is 0.364 e. The van der Waals surface area contributed by atoms with Gasteiger partial charge in [-0.15, -0.1) is 35.3 Å². The Hall–Kier alpha value is -1.54. The van der Waals surface area contributed by atoms with Crippen molar-refractivity contribution in [1.29, 1.82) is 0 Å². The predicted molar refractivity (Wildman–Crippen MR) is 119 cm³/mol. The van der Waals surface area contributed by atoms with Gasteiger partial charge >= 0.3 is 0 Å². The van der Waals surface area contributed by atoms with Gasteiger partial charge in [0.15, 0.2) is 5.96 Å². The van der Waals surface area contributed by atoms with Gasteiger partial charge in [0, 0.05) is 43.8 Å². The third kappa shape index (κ3) is 6.04. The lowest BCUT2D eigenvalue weighted by Gasteiger charge is -2.18. The highest BCUT2D eigenvalue weighted by Gasteiger charge is 2.07. The highest BCUT2D eigenvalue weighted by Crippen LogP contribution is 2.17. The average molecular weight is 468 g/mol. The van der Waals surface area contributed by atoms with Crippen molar-refractivity contribution in [3.05, 3.63) is 64.4 Å². The van der Waals surface area contributed by atoms with Crippen LogP contribution < -0.4 is 15.5 Å². The summed E-state index contributed by atoms with van der Waals surface area (Å²) in [6.07, 6.45) is 5.44. The molecule has 0 spiro atoms. The topological polar surface area (TPSA) is 39.7 Å². The van der Waals surface area contributed by atoms with Crippen molar-refractivity contribution in [2.75, 3.05) is 31.6 Å². The summed E-state index contributed by atoms with van der Waals surface area (Å²) >= 11 is 1.80. The molecule has 2 heterocycles. The molecule has 0 aliphatic carbocycles. The van der Waals surface area contributed by atoms with Gasteiger partial charge in [0.25, 0.3) is 0 Å². The fraction of sp³-hybridized carbons (Fsp3) is 0.316. The molecule has 0 radical (unpaired) electrons. The molecule has 1 aromatic heterocycles. The zero-order valence-electron chi connectivity index (χ0n) is 14.4. The lowest BCUT2D eigenvalue weighted by Crippen LogP contribution is -2.37. The van der Waals surface area contributed by atoms with Crippen LogP contribution in [0.1, 0.15) is 10.4 Å². The smallest absolute Gasteiger partial charge is 0.191 e. The number of anilines is 1. The molecule has 4 nitrogen and oxygen atoms in total. The second-order valence-electron chi connectivity index (χ2n) is 5.72. The standard InChI is InChI=1S/C19H24N4S.HI/c1-20-19(21-11-10-18-5-4-14-24-18)22-15-16-6-8-17(9-7-16)23-12-2-3-13-23;/h2-9,14H,10-13,15H2,1H3,(H2,20,21,22);1H. The van der Waals surface area contributed by atoms with E-state index in [0.29, 0.717) is 0 Å². The maximum atomic E-state index is 4.28. The number of hydrogen-bond acceptors (Lipinski definition) is 3. The minimum Gasteiger partial charge on any atom is -0.364 e. The molecule has 0 bridgehead atoms. The van der Waals surface area contributed by atoms with Crippen LogP contribution in [-0.2, 0) is 13.0 Å². The first-order valence-corrected chi connectivity index (χ1v) is 9.19. The molecule has 3 rings (SSSR count). The summed E-state index contributed by atoms with van der Waals surface area (Å²) in [5.74, 6) is 0.847. The molecule has 6 heteroatoms. The Kier molecular flexibility index (Phi) is 8.27. The zero-order valence-corrected chi connectivity index (χ0v) is 17.6. The van der Waals surface area contributed by atoms with Crippen LogP contribution in [0, 0.1) is 0 Å². The van der Waals surface area contributed by atoms with Gasteiger partial charge in [-0.05, 0) is 35.6 Å². The number of guanidine groups is 1. The Labute approximate surface area is 171 Å². The summed E-state index contributed by atoms with van der Waals surface area (Å²) in [4.78, 5) is 8.03. The quantitative estimate of drug-likeness (QED) is 0.294. The van der Waals surface area contributed by atoms with E-state index in [1.807, 2.05) is 7.05 Å². The van der Waals surface area contributed by atoms with Crippen LogP contribution in [0.25, 0.3) is 0 Å². The van der Waals surface area contributed by atoms with E-state index in [1.165, 1.54) is 16.1 Å². The molecule has 1 aliphatic rings. The van der Waals surface area contributed by atoms with E-state index in [9.17, 15) is 0 Å². The fourth-order valence-electron chi connectivity index (χ4n) is 2.68. The molecule has 0 amide bonds. The third-order valence-electron chi connectivity index (χ3n) is 4.05. The lowest BCUT2D eigenvalue weighted by molar-refractivity contribution is 0.799. The first kappa shape index (κ1) is 19.8. The molecule has 1 aliphatic heterocycles. The molecule has 0 saturated carbocycles. The van der Waals surface area contributed by atoms with Gasteiger partial charge in [0.05, 0.1) is 0 Å². The van der Waals surface area contributed by atoms with E-state index in [2.05, 4.69) is 74.5 Å². The molecule has 0 saturated heterocycles. The van der Waals surface area contributed by atoms with Crippen molar-refractivity contribution >= 4 is 47.0 Å². The van der Waals surface area contributed by atoms with Gasteiger partial charge < -0.3 is 15.5 Å². The van der Waals surface area contributed by atoms with Crippen LogP contribution in [0.2, 0.25) is 0 Å². The number of hydrogen-bond donors (Lipinski definition) is 2. The molecule has 2 aromatic rings. The summed E-state index contributed by atoms with van der Waals surface area (Å²) in [7, 11) is 1.81. The van der Waals surface area contributed by atoms with Crippen LogP contribution in [0.4, 0.5) is 5.69 Å². The maximum absolute atomic E-state index is 4.28. The third-order valence-corrected chi connectivity index (χ3v) is 4.98. The first-order chi connectivity index (χ1) is 11.8. The fourth-order valence-corrected chi connectivity index (χ4v) is 3.39. The van der Waals surface area contributed by atoms with Gasteiger partial charge in [0.1, 0.15) is 0 Å². The number of thiophene rings is 1. The van der Waals surface area contributed by atoms with Crippen molar-refractivity contribution in [3.63, 3.8) is 0 Å². The Bertz CT molecular complexity index is 672. The van der Waals surface area contributed by atoms with Crippen LogP contribution in [0.5, 0.6) is 0 Å². The Balaban J connectivity index is 0.00000225. The van der Waals surface area contributed by atoms with Crippen LogP contribution in [0.15, 0.2) is 58.9 Å². The normalized spacial score (nSPS) is 13.6. The molecule has 0 fully saturated rings. The van der Waals surface area contributed by atoms with Gasteiger partial charge in [-0.2, -0.15) is 0 Å². The van der Waals surface area contributed by atoms with Gasteiger partial charge in [-0.25, -0.2) is 0 Å². The number of nitrogens with zero attached hydrogens (tertiary/aromatic N) is 2. The highest BCUT2D eigenvalue weighted by molar-refractivity contribution is 14.0. The van der Waals surface area contributed by atoms with Crippen molar-refractivity contribution in [2.45, 2.75) is 13.0 Å². The average Bonchev–Trinajstić information content (AvgIpc) is 3.32. The number of aliphatic imine (C=N–C) groups is 1. The van der Waals surface area contributed by atoms with E-state index < -0.39 is 0 Å². The number of nitrogens with one attached hydrogen (secondary N) is 2. The van der Waals surface area contributed by atoms with Crippen molar-refractivity contribution in [3.8, 4) is 0 Å². The second-order valence-corrected chi connectivity index (χ2v) is 6.76. The van der Waals surface area contributed by atoms with Crippen LogP contribution in [0.3, 0.4) is 0 Å². The minimum absolute atomic E-state index is 0. The van der Waals surface area contributed by atoms with E-state index in [-0.39, 0.29) is 24.0 Å². The molecular weight excluding hydrogens is 443 g/mol. The molecule has 134 valence electrons. The summed E-state index contributed by atoms with van der Waals surface area (Å²) in [5, 5.41) is 8.85. The maximum Gasteiger partial charge on any atom is 0.191 e. The van der Waals surface area contributed by atoms with E-state index in [1.54, 1.807) is 11.3 Å². The first-order valence-electron chi connectivity index (χ1n) is 8.31. The SMILES string of the molecule is CN=C(NCCc1cccs1)NCc1ccc(N2CC=CC2)cc1.I. The Morgan fingerprint density at radius 1 is 1.12 bits per heavy atom. The Morgan fingerprint density at radius 2 is 1.88 bits per heavy atom. The van der Waals surface area contributed by atoms with Crippen molar-refractivity contribution in [1.82, 2.24) is 10.6 Å². The van der Waals surface area contributed by atoms with Gasteiger partial charge in [-0.3, -0.25) is 4.99 Å². The molecule has 0 unspecified atom stereocenters. The predicted octanol–water partition coefficient (Wildman–Crippen LogP) is 3.65.